The van der Waals surface area contributed by atoms with Gasteiger partial charge in [0.15, 0.2) is 14.5 Å². The second kappa shape index (κ2) is 10.1. The highest BCUT2D eigenvalue weighted by atomic mass is 32.2. The monoisotopic (exact) mass is 438 g/mol. The van der Waals surface area contributed by atoms with Gasteiger partial charge in [0.2, 0.25) is 0 Å². The number of hydrogen-bond donors (Lipinski definition) is 0. The predicted octanol–water partition coefficient (Wildman–Crippen LogP) is 7.37. The summed E-state index contributed by atoms with van der Waals surface area (Å²) in [7, 11) is 0. The van der Waals surface area contributed by atoms with Crippen molar-refractivity contribution in [3.05, 3.63) is 71.6 Å². The highest BCUT2D eigenvalue weighted by Crippen LogP contribution is 2.34. The van der Waals surface area contributed by atoms with Crippen molar-refractivity contribution in [2.45, 2.75) is 27.8 Å². The maximum Gasteiger partial charge on any atom is 0.301 e. The smallest absolute Gasteiger partial charge is 0.206 e. The Bertz CT molecular complexity index is 954. The molecule has 0 N–H and O–H groups in total. The summed E-state index contributed by atoms with van der Waals surface area (Å²) in [6, 6.07) is 16.5. The van der Waals surface area contributed by atoms with Gasteiger partial charge < -0.3 is 0 Å². The van der Waals surface area contributed by atoms with Gasteiger partial charge in [-0.3, -0.25) is 0 Å². The van der Waals surface area contributed by atoms with E-state index in [1.807, 2.05) is 18.2 Å². The molecular formula is C20H17F3N2S3. The Morgan fingerprint density at radius 3 is 2.36 bits per heavy atom. The van der Waals surface area contributed by atoms with Crippen molar-refractivity contribution in [3.63, 3.8) is 0 Å². The normalized spacial score (nSPS) is 10.9. The number of rotatable bonds is 8. The first-order chi connectivity index (χ1) is 13.5. The fourth-order valence-corrected chi connectivity index (χ4v) is 5.63. The van der Waals surface area contributed by atoms with Gasteiger partial charge in [0.25, 0.3) is 0 Å². The van der Waals surface area contributed by atoms with E-state index in [1.165, 1.54) is 45.4 Å². The first kappa shape index (κ1) is 21.0. The van der Waals surface area contributed by atoms with E-state index in [4.69, 9.17) is 0 Å². The minimum absolute atomic E-state index is 0.209. The number of halogens is 3. The van der Waals surface area contributed by atoms with Crippen molar-refractivity contribution in [1.82, 2.24) is 10.2 Å². The van der Waals surface area contributed by atoms with E-state index in [0.717, 1.165) is 10.1 Å². The summed E-state index contributed by atoms with van der Waals surface area (Å²) in [5.74, 6) is -0.392. The van der Waals surface area contributed by atoms with Crippen LogP contribution in [-0.2, 0) is 5.75 Å². The average molecular weight is 439 g/mol. The molecule has 28 heavy (non-hydrogen) atoms. The van der Waals surface area contributed by atoms with Crippen LogP contribution in [0.1, 0.15) is 17.5 Å². The molecule has 3 aromatic rings. The molecule has 0 saturated heterocycles. The van der Waals surface area contributed by atoms with Gasteiger partial charge in [-0.05, 0) is 29.2 Å². The zero-order valence-corrected chi connectivity index (χ0v) is 17.4. The van der Waals surface area contributed by atoms with Crippen molar-refractivity contribution >= 4 is 34.9 Å². The summed E-state index contributed by atoms with van der Waals surface area (Å²) in [5.41, 5.74) is 4.85. The molecule has 0 amide bonds. The molecule has 146 valence electrons. The number of benzene rings is 2. The molecule has 0 bridgehead atoms. The molecular weight excluding hydrogens is 421 g/mol. The van der Waals surface area contributed by atoms with Crippen LogP contribution in [0.15, 0.2) is 69.1 Å². The predicted molar refractivity (Wildman–Crippen MR) is 112 cm³/mol. The van der Waals surface area contributed by atoms with Gasteiger partial charge >= 0.3 is 6.08 Å². The summed E-state index contributed by atoms with van der Waals surface area (Å²) in [5, 5.41) is 8.17. The SMILES string of the molecule is Cc1c(CSc2nnc(SCCC(F)=C(F)F)s2)cccc1-c1ccccc1. The van der Waals surface area contributed by atoms with Gasteiger partial charge in [-0.2, -0.15) is 8.78 Å². The fraction of sp³-hybridized carbons (Fsp3) is 0.200. The third-order valence-corrected chi connectivity index (χ3v) is 7.26. The van der Waals surface area contributed by atoms with Crippen LogP contribution in [0.2, 0.25) is 0 Å². The van der Waals surface area contributed by atoms with Crippen LogP contribution in [0.25, 0.3) is 11.1 Å². The van der Waals surface area contributed by atoms with Crippen LogP contribution >= 0.6 is 34.9 Å². The largest absolute Gasteiger partial charge is 0.301 e. The van der Waals surface area contributed by atoms with Gasteiger partial charge in [-0.15, -0.1) is 10.2 Å². The van der Waals surface area contributed by atoms with E-state index in [1.54, 1.807) is 11.8 Å². The standard InChI is InChI=1S/C20H17F3N2S3/c1-13-15(8-5-9-16(13)14-6-3-2-4-7-14)12-27-20-25-24-19(28-20)26-11-10-17(21)18(22)23/h2-9H,10-12H2,1H3. The molecule has 0 atom stereocenters. The average Bonchev–Trinajstić information content (AvgIpc) is 3.15. The fourth-order valence-electron chi connectivity index (χ4n) is 2.55. The van der Waals surface area contributed by atoms with Crippen molar-refractivity contribution in [2.75, 3.05) is 5.75 Å². The second-order valence-electron chi connectivity index (χ2n) is 5.84. The Morgan fingerprint density at radius 2 is 1.64 bits per heavy atom. The van der Waals surface area contributed by atoms with Crippen LogP contribution in [0.3, 0.4) is 0 Å². The summed E-state index contributed by atoms with van der Waals surface area (Å²) >= 11 is 4.22. The molecule has 1 heterocycles. The lowest BCUT2D eigenvalue weighted by Gasteiger charge is -2.10. The zero-order valence-electron chi connectivity index (χ0n) is 15.0. The number of thioether (sulfide) groups is 2. The minimum Gasteiger partial charge on any atom is -0.206 e. The molecule has 0 radical (unpaired) electrons. The lowest BCUT2D eigenvalue weighted by molar-refractivity contribution is 0.373. The lowest BCUT2D eigenvalue weighted by atomic mass is 9.97. The van der Waals surface area contributed by atoms with Gasteiger partial charge in [-0.25, -0.2) is 4.39 Å². The van der Waals surface area contributed by atoms with Crippen LogP contribution in [0.4, 0.5) is 13.2 Å². The molecule has 3 rings (SSSR count). The van der Waals surface area contributed by atoms with E-state index in [-0.39, 0.29) is 12.2 Å². The van der Waals surface area contributed by atoms with Crippen LogP contribution in [0, 0.1) is 6.92 Å². The molecule has 0 fully saturated rings. The highest BCUT2D eigenvalue weighted by molar-refractivity contribution is 8.02. The van der Waals surface area contributed by atoms with Crippen LogP contribution < -0.4 is 0 Å². The molecule has 0 saturated carbocycles. The third-order valence-electron chi connectivity index (χ3n) is 4.02. The maximum absolute atomic E-state index is 12.8. The Balaban J connectivity index is 1.59. The van der Waals surface area contributed by atoms with E-state index < -0.39 is 11.9 Å². The van der Waals surface area contributed by atoms with Crippen LogP contribution in [-0.4, -0.2) is 16.0 Å². The Kier molecular flexibility index (Phi) is 7.58. The van der Waals surface area contributed by atoms with Gasteiger partial charge in [0.1, 0.15) is 0 Å². The molecule has 8 heteroatoms. The first-order valence-corrected chi connectivity index (χ1v) is 11.3. The van der Waals surface area contributed by atoms with E-state index >= 15 is 0 Å². The molecule has 2 nitrogen and oxygen atoms in total. The molecule has 0 aliphatic heterocycles. The van der Waals surface area contributed by atoms with Gasteiger partial charge in [0, 0.05) is 17.9 Å². The van der Waals surface area contributed by atoms with E-state index in [2.05, 4.69) is 47.5 Å². The topological polar surface area (TPSA) is 25.8 Å². The van der Waals surface area contributed by atoms with Crippen molar-refractivity contribution in [1.29, 1.82) is 0 Å². The minimum atomic E-state index is -2.25. The molecule has 1 aromatic heterocycles. The Morgan fingerprint density at radius 1 is 0.929 bits per heavy atom. The molecule has 0 aliphatic rings. The third kappa shape index (κ3) is 5.62. The maximum atomic E-state index is 12.8. The van der Waals surface area contributed by atoms with Gasteiger partial charge in [0.05, 0.1) is 0 Å². The molecule has 0 spiro atoms. The second-order valence-corrected chi connectivity index (χ2v) is 9.38. The summed E-state index contributed by atoms with van der Waals surface area (Å²) in [6.45, 7) is 2.12. The van der Waals surface area contributed by atoms with Crippen molar-refractivity contribution in [2.24, 2.45) is 0 Å². The lowest BCUT2D eigenvalue weighted by Crippen LogP contribution is -1.90. The summed E-state index contributed by atoms with van der Waals surface area (Å²) < 4.78 is 38.4. The zero-order chi connectivity index (χ0) is 19.9. The molecule has 0 unspecified atom stereocenters. The summed E-state index contributed by atoms with van der Waals surface area (Å²) in [4.78, 5) is 0. The quantitative estimate of drug-likeness (QED) is 0.343. The highest BCUT2D eigenvalue weighted by Gasteiger charge is 2.11. The number of hydrogen-bond acceptors (Lipinski definition) is 5. The Labute approximate surface area is 174 Å². The van der Waals surface area contributed by atoms with Crippen molar-refractivity contribution in [3.8, 4) is 11.1 Å². The number of nitrogens with zero attached hydrogens (tertiary/aromatic N) is 2. The number of aromatic nitrogens is 2. The van der Waals surface area contributed by atoms with Crippen LogP contribution in [0.5, 0.6) is 0 Å². The van der Waals surface area contributed by atoms with Crippen molar-refractivity contribution < 1.29 is 13.2 Å². The number of allylic oxidation sites excluding steroid dienone is 1. The first-order valence-electron chi connectivity index (χ1n) is 8.47. The summed E-state index contributed by atoms with van der Waals surface area (Å²) in [6.07, 6.45) is -2.55. The molecule has 2 aromatic carbocycles. The van der Waals surface area contributed by atoms with Gasteiger partial charge in [-0.1, -0.05) is 83.4 Å². The Hall–Kier alpha value is -1.77. The molecule has 0 aliphatic carbocycles. The van der Waals surface area contributed by atoms with E-state index in [0.29, 0.717) is 4.34 Å². The van der Waals surface area contributed by atoms with E-state index in [9.17, 15) is 13.2 Å².